The molecule has 0 unspecified atom stereocenters. The van der Waals surface area contributed by atoms with Gasteiger partial charge in [0.05, 0.1) is 24.4 Å². The Labute approximate surface area is 274 Å². The number of nitrogens with one attached hydrogen (secondary N) is 1. The van der Waals surface area contributed by atoms with Gasteiger partial charge in [0.25, 0.3) is 11.8 Å². The highest BCUT2D eigenvalue weighted by Gasteiger charge is 2.51. The van der Waals surface area contributed by atoms with Crippen LogP contribution in [0.2, 0.25) is 0 Å². The van der Waals surface area contributed by atoms with E-state index >= 15 is 0 Å². The van der Waals surface area contributed by atoms with Crippen molar-refractivity contribution < 1.29 is 19.1 Å². The number of carbonyl (C=O) groups excluding carboxylic acids is 2. The third-order valence-electron chi connectivity index (χ3n) is 11.6. The van der Waals surface area contributed by atoms with Gasteiger partial charge in [0, 0.05) is 54.3 Å². The molecule has 0 spiro atoms. The summed E-state index contributed by atoms with van der Waals surface area (Å²) in [7, 11) is 3.30. The van der Waals surface area contributed by atoms with E-state index in [2.05, 4.69) is 38.7 Å². The summed E-state index contributed by atoms with van der Waals surface area (Å²) in [6, 6.07) is 13.2. The van der Waals surface area contributed by atoms with Crippen LogP contribution in [0.5, 0.6) is 5.75 Å². The topological polar surface area (TPSA) is 117 Å². The molecular formula is C37H44N6O4. The maximum absolute atomic E-state index is 13.9. The molecular weight excluding hydrogens is 592 g/mol. The lowest BCUT2D eigenvalue weighted by molar-refractivity contribution is -0.134. The lowest BCUT2D eigenvalue weighted by Crippen LogP contribution is -2.40. The van der Waals surface area contributed by atoms with E-state index in [1.54, 1.807) is 14.2 Å². The van der Waals surface area contributed by atoms with Gasteiger partial charge in [-0.1, -0.05) is 12.1 Å². The summed E-state index contributed by atoms with van der Waals surface area (Å²) in [6.07, 6.45) is 9.04. The number of aromatic nitrogens is 3. The van der Waals surface area contributed by atoms with Crippen LogP contribution in [0.3, 0.4) is 0 Å². The average Bonchev–Trinajstić information content (AvgIpc) is 4.03. The molecule has 2 saturated heterocycles. The number of imidazole rings is 1. The molecule has 10 nitrogen and oxygen atoms in total. The Kier molecular flexibility index (Phi) is 6.57. The van der Waals surface area contributed by atoms with Crippen molar-refractivity contribution in [1.29, 1.82) is 0 Å². The van der Waals surface area contributed by atoms with Crippen LogP contribution in [0.4, 0.5) is 0 Å². The molecule has 3 aliphatic carbocycles. The monoisotopic (exact) mass is 636 g/mol. The van der Waals surface area contributed by atoms with E-state index in [1.807, 2.05) is 24.0 Å². The molecule has 47 heavy (non-hydrogen) atoms. The first-order chi connectivity index (χ1) is 22.8. The number of hydrogen-bond donors (Lipinski definition) is 2. The van der Waals surface area contributed by atoms with Crippen LogP contribution >= 0.6 is 0 Å². The van der Waals surface area contributed by atoms with Crippen LogP contribution in [0.25, 0.3) is 33.5 Å². The van der Waals surface area contributed by atoms with Crippen molar-refractivity contribution in [3.63, 3.8) is 0 Å². The van der Waals surface area contributed by atoms with Gasteiger partial charge in [-0.25, -0.2) is 4.98 Å². The van der Waals surface area contributed by atoms with Crippen molar-refractivity contribution in [2.75, 3.05) is 14.2 Å². The molecule has 3 saturated carbocycles. The SMILES string of the molecule is COc1cc(C(=O)N2[C@H]3CC[C@@H]2[C@H](N)C3)cc2nc(-c3cc4ccc([C@@H](C)NC(=O)C5(OC)CC5)cc4n3CC3CC3)n(C3CC3)c12. The Balaban J connectivity index is 1.14. The summed E-state index contributed by atoms with van der Waals surface area (Å²) in [5, 5.41) is 4.34. The predicted molar refractivity (Wildman–Crippen MR) is 179 cm³/mol. The highest BCUT2D eigenvalue weighted by Crippen LogP contribution is 2.46. The molecule has 4 atom stereocenters. The minimum absolute atomic E-state index is 0.0304. The third kappa shape index (κ3) is 4.70. The number of amides is 2. The molecule has 2 aromatic heterocycles. The van der Waals surface area contributed by atoms with Crippen molar-refractivity contribution in [3.05, 3.63) is 47.5 Å². The lowest BCUT2D eigenvalue weighted by atomic mass is 9.97. The van der Waals surface area contributed by atoms with E-state index in [9.17, 15) is 9.59 Å². The summed E-state index contributed by atoms with van der Waals surface area (Å²) in [5.41, 5.74) is 11.4. The normalized spacial score (nSPS) is 25.1. The fraction of sp³-hybridized carbons (Fsp3) is 0.541. The molecule has 10 heteroatoms. The number of rotatable bonds is 10. The highest BCUT2D eigenvalue weighted by molar-refractivity contribution is 6.01. The largest absolute Gasteiger partial charge is 0.494 e. The minimum atomic E-state index is -0.661. The van der Waals surface area contributed by atoms with E-state index in [0.29, 0.717) is 23.3 Å². The van der Waals surface area contributed by atoms with E-state index in [4.69, 9.17) is 20.2 Å². The van der Waals surface area contributed by atoms with Gasteiger partial charge in [-0.3, -0.25) is 9.59 Å². The fourth-order valence-corrected chi connectivity index (χ4v) is 8.37. The first-order valence-corrected chi connectivity index (χ1v) is 17.5. The summed E-state index contributed by atoms with van der Waals surface area (Å²) in [6.45, 7) is 2.96. The molecule has 3 N–H and O–H groups in total. The molecule has 0 radical (unpaired) electrons. The second-order valence-electron chi connectivity index (χ2n) is 14.8. The highest BCUT2D eigenvalue weighted by atomic mass is 16.5. The first kappa shape index (κ1) is 29.3. The Hall–Kier alpha value is -3.89. The van der Waals surface area contributed by atoms with E-state index in [-0.39, 0.29) is 36.0 Å². The molecule has 4 heterocycles. The molecule has 2 aromatic carbocycles. The molecule has 5 fully saturated rings. The van der Waals surface area contributed by atoms with Gasteiger partial charge in [-0.2, -0.15) is 0 Å². The second kappa shape index (κ2) is 10.6. The van der Waals surface area contributed by atoms with Crippen molar-refractivity contribution in [2.45, 2.75) is 107 Å². The summed E-state index contributed by atoms with van der Waals surface area (Å²) in [5.74, 6) is 2.24. The number of hydrogen-bond acceptors (Lipinski definition) is 6. The zero-order valence-electron chi connectivity index (χ0n) is 27.5. The molecule has 9 rings (SSSR count). The van der Waals surface area contributed by atoms with Gasteiger partial charge >= 0.3 is 0 Å². The predicted octanol–water partition coefficient (Wildman–Crippen LogP) is 5.47. The van der Waals surface area contributed by atoms with Crippen LogP contribution in [0.15, 0.2) is 36.4 Å². The lowest BCUT2D eigenvalue weighted by Gasteiger charge is -2.23. The summed E-state index contributed by atoms with van der Waals surface area (Å²) >= 11 is 0. The third-order valence-corrected chi connectivity index (χ3v) is 11.6. The molecule has 246 valence electrons. The van der Waals surface area contributed by atoms with Crippen LogP contribution in [0, 0.1) is 5.92 Å². The Bertz CT molecular complexity index is 1930. The molecule has 2 aliphatic heterocycles. The molecule has 2 bridgehead atoms. The van der Waals surface area contributed by atoms with Crippen LogP contribution < -0.4 is 15.8 Å². The van der Waals surface area contributed by atoms with Gasteiger partial charge in [-0.15, -0.1) is 0 Å². The number of benzene rings is 2. The van der Waals surface area contributed by atoms with Gasteiger partial charge in [0.15, 0.2) is 5.82 Å². The minimum Gasteiger partial charge on any atom is -0.494 e. The van der Waals surface area contributed by atoms with Crippen molar-refractivity contribution >= 4 is 33.8 Å². The van der Waals surface area contributed by atoms with Crippen LogP contribution in [-0.4, -0.2) is 68.8 Å². The fourth-order valence-electron chi connectivity index (χ4n) is 8.37. The van der Waals surface area contributed by atoms with E-state index in [1.165, 1.54) is 12.8 Å². The number of carbonyl (C=O) groups is 2. The summed E-state index contributed by atoms with van der Waals surface area (Å²) < 4.78 is 16.3. The van der Waals surface area contributed by atoms with Gasteiger partial charge in [0.2, 0.25) is 0 Å². The zero-order valence-corrected chi connectivity index (χ0v) is 27.5. The number of methoxy groups -OCH3 is 2. The zero-order chi connectivity index (χ0) is 32.2. The Morgan fingerprint density at radius 3 is 2.47 bits per heavy atom. The smallest absolute Gasteiger partial charge is 0.254 e. The van der Waals surface area contributed by atoms with Crippen molar-refractivity contribution in [3.8, 4) is 17.3 Å². The van der Waals surface area contributed by atoms with Gasteiger partial charge < -0.3 is 34.6 Å². The van der Waals surface area contributed by atoms with Crippen LogP contribution in [-0.2, 0) is 16.1 Å². The van der Waals surface area contributed by atoms with Crippen molar-refractivity contribution in [2.24, 2.45) is 11.7 Å². The second-order valence-corrected chi connectivity index (χ2v) is 14.8. The van der Waals surface area contributed by atoms with Gasteiger partial charge in [-0.05, 0) is 100 Å². The number of ether oxygens (including phenoxy) is 2. The van der Waals surface area contributed by atoms with Crippen molar-refractivity contribution in [1.82, 2.24) is 24.3 Å². The Morgan fingerprint density at radius 1 is 1.04 bits per heavy atom. The Morgan fingerprint density at radius 2 is 1.83 bits per heavy atom. The summed E-state index contributed by atoms with van der Waals surface area (Å²) in [4.78, 5) is 34.2. The number of nitrogens with zero attached hydrogens (tertiary/aromatic N) is 4. The average molecular weight is 637 g/mol. The standard InChI is InChI=1S/C37H44N6O4/c1-20(39-36(45)37(47-3)12-13-37)22-6-7-23-16-31(41(30(23)15-22)19-21-4-5-21)34-40-28-14-24(17-32(46-2)33(28)43(34)25-8-9-25)35(44)42-26-10-11-29(42)27(38)18-26/h6-7,14-17,20-21,25-27,29H,4-5,8-13,18-19,38H2,1-3H3,(H,39,45)/t20-,26+,27-,29-/m1/s1. The van der Waals surface area contributed by atoms with E-state index < -0.39 is 5.60 Å². The molecule has 5 aliphatic rings. The first-order valence-electron chi connectivity index (χ1n) is 17.5. The van der Waals surface area contributed by atoms with E-state index in [0.717, 1.165) is 90.5 Å². The maximum Gasteiger partial charge on any atom is 0.254 e. The molecule has 4 aromatic rings. The molecule has 2 amide bonds. The number of nitrogens with two attached hydrogens (primary N) is 1. The van der Waals surface area contributed by atoms with Gasteiger partial charge in [0.1, 0.15) is 16.9 Å². The van der Waals surface area contributed by atoms with Crippen LogP contribution in [0.1, 0.15) is 92.7 Å². The maximum atomic E-state index is 13.9. The number of fused-ring (bicyclic) bond motifs is 4. The quantitative estimate of drug-likeness (QED) is 0.239.